The van der Waals surface area contributed by atoms with E-state index in [0.717, 1.165) is 12.8 Å². The fraction of sp³-hybridized carbons (Fsp3) is 0.857. The van der Waals surface area contributed by atoms with Gasteiger partial charge in [0.15, 0.2) is 0 Å². The Morgan fingerprint density at radius 1 is 0.903 bits per heavy atom. The number of aliphatic hydroxyl groups excluding tert-OH is 1. The van der Waals surface area contributed by atoms with Crippen LogP contribution in [0.2, 0.25) is 0 Å². The maximum atomic E-state index is 10.4. The smallest absolute Gasteiger partial charge is 0.130 e. The van der Waals surface area contributed by atoms with Gasteiger partial charge in [-0.05, 0) is 73.7 Å². The molecule has 4 fully saturated rings. The number of hydrogen-bond acceptors (Lipinski definition) is 3. The summed E-state index contributed by atoms with van der Waals surface area (Å²) in [6, 6.07) is 0. The second-order valence-corrected chi connectivity index (χ2v) is 12.7. The van der Waals surface area contributed by atoms with Crippen LogP contribution in [0.5, 0.6) is 0 Å². The van der Waals surface area contributed by atoms with Gasteiger partial charge in [0.05, 0.1) is 6.10 Å². The lowest BCUT2D eigenvalue weighted by Crippen LogP contribution is -2.73. The van der Waals surface area contributed by atoms with Crippen LogP contribution in [0.25, 0.3) is 0 Å². The second kappa shape index (κ2) is 7.18. The first-order chi connectivity index (χ1) is 14.6. The summed E-state index contributed by atoms with van der Waals surface area (Å²) in [5.74, 6) is 3.64. The molecule has 0 aromatic heterocycles. The molecule has 6 aliphatic rings. The van der Waals surface area contributed by atoms with Gasteiger partial charge in [-0.15, -0.1) is 0 Å². The largest absolute Gasteiger partial charge is 0.393 e. The van der Waals surface area contributed by atoms with Crippen LogP contribution in [0.3, 0.4) is 0 Å². The maximum Gasteiger partial charge on any atom is 0.130 e. The number of rotatable bonds is 4. The lowest BCUT2D eigenvalue weighted by Gasteiger charge is -2.69. The average molecular weight is 429 g/mol. The zero-order valence-corrected chi connectivity index (χ0v) is 20.6. The zero-order chi connectivity index (χ0) is 22.2. The second-order valence-electron chi connectivity index (χ2n) is 12.7. The number of aliphatic hydroxyl groups is 1. The molecule has 2 spiro atoms. The summed E-state index contributed by atoms with van der Waals surface area (Å²) in [4.78, 5) is 12.8. The van der Waals surface area contributed by atoms with E-state index in [1.807, 2.05) is 0 Å². The highest BCUT2D eigenvalue weighted by atomic mass is 17.2. The molecule has 6 rings (SSSR count). The minimum atomic E-state index is -0.439. The van der Waals surface area contributed by atoms with Crippen LogP contribution in [0.15, 0.2) is 24.3 Å². The zero-order valence-electron chi connectivity index (χ0n) is 20.6. The Bertz CT molecular complexity index is 772. The first-order valence-corrected chi connectivity index (χ1v) is 13.0. The third-order valence-electron chi connectivity index (χ3n) is 11.1. The molecule has 0 unspecified atom stereocenters. The van der Waals surface area contributed by atoms with Crippen LogP contribution in [0, 0.1) is 46.3 Å². The van der Waals surface area contributed by atoms with Crippen LogP contribution >= 0.6 is 0 Å². The molecule has 2 aliphatic heterocycles. The average Bonchev–Trinajstić information content (AvgIpc) is 3.09. The van der Waals surface area contributed by atoms with Crippen molar-refractivity contribution >= 4 is 0 Å². The number of fused-ring (bicyclic) bond motifs is 2. The van der Waals surface area contributed by atoms with Gasteiger partial charge in [-0.3, -0.25) is 0 Å². The SMILES string of the molecule is CC(C)[C@H](C)/C=C/[C@H](C)[C@@H]1CC[C@H]2[C@@]1(C)CC[C@@H]1[C@@]23C=C[C@@]2(C[C@H](O)CC[C@@]12C)OO3. The predicted octanol–water partition coefficient (Wildman–Crippen LogP) is 6.47. The third-order valence-corrected chi connectivity index (χ3v) is 11.1. The molecule has 0 radical (unpaired) electrons. The van der Waals surface area contributed by atoms with E-state index in [1.165, 1.54) is 25.7 Å². The number of hydrogen-bond donors (Lipinski definition) is 1. The summed E-state index contributed by atoms with van der Waals surface area (Å²) in [6.45, 7) is 14.4. The van der Waals surface area contributed by atoms with E-state index in [0.29, 0.717) is 41.9 Å². The Kier molecular flexibility index (Phi) is 5.13. The normalized spacial score (nSPS) is 52.8. The van der Waals surface area contributed by atoms with E-state index in [-0.39, 0.29) is 22.5 Å². The molecule has 0 aromatic rings. The highest BCUT2D eigenvalue weighted by Crippen LogP contribution is 2.72. The van der Waals surface area contributed by atoms with Crippen LogP contribution in [0.4, 0.5) is 0 Å². The highest BCUT2D eigenvalue weighted by molar-refractivity contribution is 5.33. The van der Waals surface area contributed by atoms with E-state index in [4.69, 9.17) is 9.78 Å². The monoisotopic (exact) mass is 428 g/mol. The summed E-state index contributed by atoms with van der Waals surface area (Å²) in [5, 5.41) is 10.4. The molecule has 3 nitrogen and oxygen atoms in total. The van der Waals surface area contributed by atoms with Gasteiger partial charge in [-0.2, -0.15) is 0 Å². The quantitative estimate of drug-likeness (QED) is 0.412. The van der Waals surface area contributed by atoms with E-state index < -0.39 is 5.60 Å². The van der Waals surface area contributed by atoms with Crippen LogP contribution in [-0.4, -0.2) is 22.4 Å². The molecule has 1 saturated heterocycles. The summed E-state index contributed by atoms with van der Waals surface area (Å²) in [7, 11) is 0. The molecule has 31 heavy (non-hydrogen) atoms. The lowest BCUT2D eigenvalue weighted by atomic mass is 9.43. The summed E-state index contributed by atoms with van der Waals surface area (Å²) in [5.41, 5.74) is -0.366. The Morgan fingerprint density at radius 2 is 1.68 bits per heavy atom. The Balaban J connectivity index is 1.45. The van der Waals surface area contributed by atoms with Gasteiger partial charge in [0.25, 0.3) is 0 Å². The van der Waals surface area contributed by atoms with Crippen LogP contribution in [-0.2, 0) is 9.78 Å². The summed E-state index contributed by atoms with van der Waals surface area (Å²) in [6.07, 6.45) is 17.0. The van der Waals surface area contributed by atoms with Gasteiger partial charge in [0, 0.05) is 23.7 Å². The van der Waals surface area contributed by atoms with Gasteiger partial charge in [0.1, 0.15) is 11.2 Å². The molecular weight excluding hydrogens is 384 g/mol. The van der Waals surface area contributed by atoms with Crippen molar-refractivity contribution < 1.29 is 14.9 Å². The molecule has 4 aliphatic carbocycles. The summed E-state index contributed by atoms with van der Waals surface area (Å²) >= 11 is 0. The van der Waals surface area contributed by atoms with Crippen molar-refractivity contribution in [2.24, 2.45) is 46.3 Å². The highest BCUT2D eigenvalue weighted by Gasteiger charge is 2.74. The Labute approximate surface area is 189 Å². The minimum Gasteiger partial charge on any atom is -0.393 e. The predicted molar refractivity (Wildman–Crippen MR) is 124 cm³/mol. The Hall–Kier alpha value is -0.640. The standard InChI is InChI=1S/C28H44O3/c1-18(2)19(3)7-8-20(4)22-9-10-23-25(22,5)13-12-24-26(6)14-11-21(29)17-27(26)15-16-28(23,24)31-30-27/h7-8,15-16,18-24,29H,9-14,17H2,1-6H3/b8-7+/t19-,20+,21-,22+,23+,24+,25+,26+,27+,28-/m1/s1. The third kappa shape index (κ3) is 2.88. The molecule has 3 saturated carbocycles. The van der Waals surface area contributed by atoms with Gasteiger partial charge >= 0.3 is 0 Å². The van der Waals surface area contributed by atoms with Gasteiger partial charge < -0.3 is 5.11 Å². The molecule has 3 heteroatoms. The molecule has 2 bridgehead atoms. The van der Waals surface area contributed by atoms with E-state index in [2.05, 4.69) is 65.8 Å². The van der Waals surface area contributed by atoms with Crippen molar-refractivity contribution in [2.75, 3.05) is 0 Å². The molecule has 0 amide bonds. The molecule has 0 aromatic carbocycles. The van der Waals surface area contributed by atoms with Crippen molar-refractivity contribution in [2.45, 2.75) is 104 Å². The fourth-order valence-corrected chi connectivity index (χ4v) is 8.71. The van der Waals surface area contributed by atoms with E-state index >= 15 is 0 Å². The molecule has 10 atom stereocenters. The lowest BCUT2D eigenvalue weighted by molar-refractivity contribution is -0.497. The van der Waals surface area contributed by atoms with Gasteiger partial charge in [0.2, 0.25) is 0 Å². The molecule has 2 heterocycles. The number of allylic oxidation sites excluding steroid dienone is 2. The maximum absolute atomic E-state index is 10.4. The Morgan fingerprint density at radius 3 is 2.35 bits per heavy atom. The van der Waals surface area contributed by atoms with Crippen molar-refractivity contribution in [3.63, 3.8) is 0 Å². The van der Waals surface area contributed by atoms with Gasteiger partial charge in [-0.1, -0.05) is 59.8 Å². The van der Waals surface area contributed by atoms with Crippen LogP contribution in [0.1, 0.15) is 86.5 Å². The van der Waals surface area contributed by atoms with Crippen LogP contribution < -0.4 is 0 Å². The first kappa shape index (κ1) is 22.2. The topological polar surface area (TPSA) is 38.7 Å². The van der Waals surface area contributed by atoms with Crippen molar-refractivity contribution in [1.29, 1.82) is 0 Å². The first-order valence-electron chi connectivity index (χ1n) is 13.0. The van der Waals surface area contributed by atoms with Gasteiger partial charge in [-0.25, -0.2) is 9.78 Å². The molecular formula is C28H44O3. The van der Waals surface area contributed by atoms with E-state index in [1.54, 1.807) is 0 Å². The molecule has 174 valence electrons. The van der Waals surface area contributed by atoms with Crippen molar-refractivity contribution in [1.82, 2.24) is 0 Å². The fourth-order valence-electron chi connectivity index (χ4n) is 8.71. The van der Waals surface area contributed by atoms with Crippen molar-refractivity contribution in [3.05, 3.63) is 24.3 Å². The summed E-state index contributed by atoms with van der Waals surface area (Å²) < 4.78 is 0. The minimum absolute atomic E-state index is 0.0663. The molecule has 1 N–H and O–H groups in total. The van der Waals surface area contributed by atoms with Crippen molar-refractivity contribution in [3.8, 4) is 0 Å². The van der Waals surface area contributed by atoms with E-state index in [9.17, 15) is 5.11 Å².